The standard InChI is InChI=1S/C12H8ClFN2O3/c1-18-12(17)8-5-16-10(6-15-8)19-9-4-2-3-7(13)11(9)14/h2-6H,1H3. The zero-order valence-electron chi connectivity index (χ0n) is 9.76. The Morgan fingerprint density at radius 2 is 2.11 bits per heavy atom. The van der Waals surface area contributed by atoms with E-state index in [4.69, 9.17) is 16.3 Å². The molecule has 2 rings (SSSR count). The Kier molecular flexibility index (Phi) is 3.91. The summed E-state index contributed by atoms with van der Waals surface area (Å²) in [5.41, 5.74) is 0.0291. The van der Waals surface area contributed by atoms with Gasteiger partial charge >= 0.3 is 5.97 Å². The number of ether oxygens (including phenoxy) is 2. The second kappa shape index (κ2) is 5.62. The molecule has 0 amide bonds. The van der Waals surface area contributed by atoms with Crippen molar-refractivity contribution in [3.8, 4) is 11.6 Å². The number of nitrogens with zero attached hydrogens (tertiary/aromatic N) is 2. The quantitative estimate of drug-likeness (QED) is 0.810. The fraction of sp³-hybridized carbons (Fsp3) is 0.0833. The number of carbonyl (C=O) groups is 1. The molecule has 1 aromatic heterocycles. The van der Waals surface area contributed by atoms with Gasteiger partial charge in [-0.2, -0.15) is 0 Å². The first-order chi connectivity index (χ1) is 9.11. The number of hydrogen-bond acceptors (Lipinski definition) is 5. The first kappa shape index (κ1) is 13.2. The molecular formula is C12H8ClFN2O3. The van der Waals surface area contributed by atoms with E-state index in [2.05, 4.69) is 14.7 Å². The van der Waals surface area contributed by atoms with Crippen LogP contribution in [-0.4, -0.2) is 23.0 Å². The number of methoxy groups -OCH3 is 1. The number of benzene rings is 1. The van der Waals surface area contributed by atoms with Crippen molar-refractivity contribution in [3.05, 3.63) is 47.1 Å². The van der Waals surface area contributed by atoms with Gasteiger partial charge in [-0.1, -0.05) is 17.7 Å². The van der Waals surface area contributed by atoms with Crippen molar-refractivity contribution in [2.45, 2.75) is 0 Å². The van der Waals surface area contributed by atoms with Crippen molar-refractivity contribution in [1.29, 1.82) is 0 Å². The van der Waals surface area contributed by atoms with Gasteiger partial charge in [0.1, 0.15) is 0 Å². The molecule has 0 radical (unpaired) electrons. The maximum Gasteiger partial charge on any atom is 0.358 e. The number of esters is 1. The zero-order valence-corrected chi connectivity index (χ0v) is 10.5. The maximum atomic E-state index is 13.6. The summed E-state index contributed by atoms with van der Waals surface area (Å²) in [5, 5.41) is -0.0587. The third kappa shape index (κ3) is 2.97. The Hall–Kier alpha value is -2.21. The lowest BCUT2D eigenvalue weighted by Gasteiger charge is -2.06. The minimum Gasteiger partial charge on any atom is -0.464 e. The molecule has 5 nitrogen and oxygen atoms in total. The molecule has 0 atom stereocenters. The lowest BCUT2D eigenvalue weighted by molar-refractivity contribution is 0.0593. The van der Waals surface area contributed by atoms with Gasteiger partial charge in [-0.25, -0.2) is 19.2 Å². The first-order valence-corrected chi connectivity index (χ1v) is 5.52. The van der Waals surface area contributed by atoms with E-state index in [1.165, 1.54) is 37.7 Å². The third-order valence-electron chi connectivity index (χ3n) is 2.15. The van der Waals surface area contributed by atoms with Crippen LogP contribution < -0.4 is 4.74 Å². The number of rotatable bonds is 3. The van der Waals surface area contributed by atoms with Crippen LogP contribution in [0.3, 0.4) is 0 Å². The maximum absolute atomic E-state index is 13.6. The van der Waals surface area contributed by atoms with Crippen LogP contribution >= 0.6 is 11.6 Å². The Morgan fingerprint density at radius 3 is 2.74 bits per heavy atom. The predicted octanol–water partition coefficient (Wildman–Crippen LogP) is 2.85. The number of halogens is 2. The van der Waals surface area contributed by atoms with Gasteiger partial charge in [0.15, 0.2) is 17.3 Å². The van der Waals surface area contributed by atoms with E-state index in [-0.39, 0.29) is 22.3 Å². The number of hydrogen-bond donors (Lipinski definition) is 0. The van der Waals surface area contributed by atoms with Crippen LogP contribution in [0.5, 0.6) is 11.6 Å². The highest BCUT2D eigenvalue weighted by Crippen LogP contribution is 2.27. The van der Waals surface area contributed by atoms with Crippen LogP contribution in [0.15, 0.2) is 30.6 Å². The molecule has 2 aromatic rings. The lowest BCUT2D eigenvalue weighted by atomic mass is 10.3. The Labute approximate surface area is 113 Å². The molecule has 0 N–H and O–H groups in total. The van der Waals surface area contributed by atoms with Gasteiger partial charge in [0.05, 0.1) is 24.5 Å². The largest absolute Gasteiger partial charge is 0.464 e. The van der Waals surface area contributed by atoms with E-state index in [1.54, 1.807) is 0 Å². The van der Waals surface area contributed by atoms with Crippen LogP contribution in [0, 0.1) is 5.82 Å². The van der Waals surface area contributed by atoms with Crippen molar-refractivity contribution < 1.29 is 18.7 Å². The van der Waals surface area contributed by atoms with E-state index < -0.39 is 11.8 Å². The summed E-state index contributed by atoms with van der Waals surface area (Å²) in [7, 11) is 1.23. The Balaban J connectivity index is 2.20. The van der Waals surface area contributed by atoms with E-state index in [0.717, 1.165) is 0 Å². The molecule has 0 saturated heterocycles. The minimum absolute atomic E-state index is 0.0291. The Bertz CT molecular complexity index is 604. The van der Waals surface area contributed by atoms with Gasteiger partial charge in [0.2, 0.25) is 5.88 Å². The normalized spacial score (nSPS) is 10.1. The highest BCUT2D eigenvalue weighted by molar-refractivity contribution is 6.30. The lowest BCUT2D eigenvalue weighted by Crippen LogP contribution is -2.05. The van der Waals surface area contributed by atoms with E-state index in [1.807, 2.05) is 0 Å². The first-order valence-electron chi connectivity index (χ1n) is 5.14. The average Bonchev–Trinajstić information content (AvgIpc) is 2.44. The fourth-order valence-corrected chi connectivity index (χ4v) is 1.42. The third-order valence-corrected chi connectivity index (χ3v) is 2.45. The molecule has 0 spiro atoms. The van der Waals surface area contributed by atoms with E-state index in [0.29, 0.717) is 0 Å². The smallest absolute Gasteiger partial charge is 0.358 e. The number of aromatic nitrogens is 2. The van der Waals surface area contributed by atoms with Crippen LogP contribution in [0.25, 0.3) is 0 Å². The van der Waals surface area contributed by atoms with Gasteiger partial charge in [0.25, 0.3) is 0 Å². The van der Waals surface area contributed by atoms with Crippen molar-refractivity contribution in [2.24, 2.45) is 0 Å². The molecular weight excluding hydrogens is 275 g/mol. The molecule has 7 heteroatoms. The summed E-state index contributed by atoms with van der Waals surface area (Å²) in [4.78, 5) is 18.7. The summed E-state index contributed by atoms with van der Waals surface area (Å²) in [6, 6.07) is 4.34. The van der Waals surface area contributed by atoms with Gasteiger partial charge in [-0.3, -0.25) is 0 Å². The second-order valence-electron chi connectivity index (χ2n) is 3.39. The van der Waals surface area contributed by atoms with Crippen molar-refractivity contribution in [3.63, 3.8) is 0 Å². The van der Waals surface area contributed by atoms with Crippen molar-refractivity contribution in [2.75, 3.05) is 7.11 Å². The highest BCUT2D eigenvalue weighted by atomic mass is 35.5. The molecule has 19 heavy (non-hydrogen) atoms. The summed E-state index contributed by atoms with van der Waals surface area (Å²) >= 11 is 5.61. The van der Waals surface area contributed by atoms with Crippen LogP contribution in [0.1, 0.15) is 10.5 Å². The molecule has 0 bridgehead atoms. The number of carbonyl (C=O) groups excluding carboxylic acids is 1. The molecule has 0 aliphatic rings. The van der Waals surface area contributed by atoms with Crippen LogP contribution in [0.4, 0.5) is 4.39 Å². The molecule has 0 fully saturated rings. The van der Waals surface area contributed by atoms with Crippen LogP contribution in [0.2, 0.25) is 5.02 Å². The van der Waals surface area contributed by atoms with Gasteiger partial charge in [-0.05, 0) is 12.1 Å². The zero-order chi connectivity index (χ0) is 13.8. The summed E-state index contributed by atoms with van der Waals surface area (Å²) in [5.74, 6) is -1.35. The summed E-state index contributed by atoms with van der Waals surface area (Å²) < 4.78 is 23.2. The molecule has 0 saturated carbocycles. The fourth-order valence-electron chi connectivity index (χ4n) is 1.25. The second-order valence-corrected chi connectivity index (χ2v) is 3.79. The Morgan fingerprint density at radius 1 is 1.32 bits per heavy atom. The van der Waals surface area contributed by atoms with Crippen molar-refractivity contribution in [1.82, 2.24) is 9.97 Å². The van der Waals surface area contributed by atoms with Gasteiger partial charge < -0.3 is 9.47 Å². The van der Waals surface area contributed by atoms with Crippen LogP contribution in [-0.2, 0) is 4.74 Å². The van der Waals surface area contributed by atoms with Crippen molar-refractivity contribution >= 4 is 17.6 Å². The minimum atomic E-state index is -0.692. The monoisotopic (exact) mass is 282 g/mol. The van der Waals surface area contributed by atoms with Gasteiger partial charge in [-0.15, -0.1) is 0 Å². The average molecular weight is 283 g/mol. The van der Waals surface area contributed by atoms with E-state index in [9.17, 15) is 9.18 Å². The molecule has 0 aliphatic heterocycles. The summed E-state index contributed by atoms with van der Waals surface area (Å²) in [6.45, 7) is 0. The molecule has 1 aromatic carbocycles. The topological polar surface area (TPSA) is 61.3 Å². The molecule has 0 unspecified atom stereocenters. The summed E-state index contributed by atoms with van der Waals surface area (Å²) in [6.07, 6.45) is 2.36. The molecule has 1 heterocycles. The van der Waals surface area contributed by atoms with Gasteiger partial charge in [0, 0.05) is 0 Å². The predicted molar refractivity (Wildman–Crippen MR) is 64.9 cm³/mol. The highest BCUT2D eigenvalue weighted by Gasteiger charge is 2.11. The molecule has 0 aliphatic carbocycles. The molecule has 98 valence electrons. The van der Waals surface area contributed by atoms with E-state index >= 15 is 0 Å². The SMILES string of the molecule is COC(=O)c1cnc(Oc2cccc(Cl)c2F)cn1.